The molecule has 1 aliphatic heterocycles. The van der Waals surface area contributed by atoms with Gasteiger partial charge >= 0.3 is 0 Å². The summed E-state index contributed by atoms with van der Waals surface area (Å²) in [7, 11) is 0. The van der Waals surface area contributed by atoms with Gasteiger partial charge in [0.2, 0.25) is 5.91 Å². The first-order valence-electron chi connectivity index (χ1n) is 11.0. The molecule has 2 heterocycles. The number of nitrogens with zero attached hydrogens (tertiary/aromatic N) is 4. The zero-order valence-corrected chi connectivity index (χ0v) is 20.7. The molecular formula is C25H28ClN5OS. The first kappa shape index (κ1) is 23.4. The van der Waals surface area contributed by atoms with Crippen molar-refractivity contribution < 1.29 is 4.79 Å². The molecule has 33 heavy (non-hydrogen) atoms. The van der Waals surface area contributed by atoms with Crippen molar-refractivity contribution in [2.45, 2.75) is 25.8 Å². The lowest BCUT2D eigenvalue weighted by Crippen LogP contribution is -2.47. The summed E-state index contributed by atoms with van der Waals surface area (Å²) in [6.45, 7) is 9.93. The number of nitrogens with one attached hydrogen (secondary N) is 1. The molecule has 0 saturated carbocycles. The van der Waals surface area contributed by atoms with Crippen LogP contribution in [0.25, 0.3) is 0 Å². The molecule has 0 aliphatic carbocycles. The van der Waals surface area contributed by atoms with Crippen LogP contribution in [0, 0.1) is 20.8 Å². The van der Waals surface area contributed by atoms with E-state index in [9.17, 15) is 4.79 Å². The molecule has 1 amide bonds. The van der Waals surface area contributed by atoms with Gasteiger partial charge in [0.05, 0.1) is 5.75 Å². The minimum Gasteiger partial charge on any atom is -0.368 e. The van der Waals surface area contributed by atoms with Crippen molar-refractivity contribution in [3.63, 3.8) is 0 Å². The summed E-state index contributed by atoms with van der Waals surface area (Å²) >= 11 is 7.49. The fraction of sp³-hybridized carbons (Fsp3) is 0.320. The summed E-state index contributed by atoms with van der Waals surface area (Å²) < 4.78 is 0. The van der Waals surface area contributed by atoms with Crippen molar-refractivity contribution in [1.82, 2.24) is 10.2 Å². The van der Waals surface area contributed by atoms with Crippen LogP contribution in [-0.2, 0) is 4.79 Å². The maximum absolute atomic E-state index is 12.3. The van der Waals surface area contributed by atoms with E-state index in [1.807, 2.05) is 31.2 Å². The number of thioether (sulfide) groups is 1. The quantitative estimate of drug-likeness (QED) is 0.493. The van der Waals surface area contributed by atoms with E-state index in [1.54, 1.807) is 6.07 Å². The average Bonchev–Trinajstić information content (AvgIpc) is 2.82. The molecule has 0 spiro atoms. The summed E-state index contributed by atoms with van der Waals surface area (Å²) in [4.78, 5) is 17.0. The number of benzene rings is 2. The van der Waals surface area contributed by atoms with E-state index in [1.165, 1.54) is 28.6 Å². The highest BCUT2D eigenvalue weighted by Gasteiger charge is 2.20. The van der Waals surface area contributed by atoms with Gasteiger partial charge in [0.1, 0.15) is 5.03 Å². The summed E-state index contributed by atoms with van der Waals surface area (Å²) in [5.74, 6) is 1.03. The van der Waals surface area contributed by atoms with E-state index in [4.69, 9.17) is 11.6 Å². The summed E-state index contributed by atoms with van der Waals surface area (Å²) in [5, 5.41) is 12.9. The van der Waals surface area contributed by atoms with Gasteiger partial charge in [-0.2, -0.15) is 0 Å². The Kier molecular flexibility index (Phi) is 7.40. The molecule has 1 fully saturated rings. The molecule has 2 aromatic carbocycles. The lowest BCUT2D eigenvalue weighted by Gasteiger charge is -2.37. The SMILES string of the molecule is Cc1ccc(C)c(N2CCN(c3ccc(SCC(=O)Nc4ccc(C)c(Cl)c4)nn3)CC2)c1. The molecule has 0 unspecified atom stereocenters. The van der Waals surface area contributed by atoms with Crippen LogP contribution in [0.15, 0.2) is 53.6 Å². The van der Waals surface area contributed by atoms with Gasteiger partial charge in [-0.1, -0.05) is 41.6 Å². The molecular weight excluding hydrogens is 454 g/mol. The van der Waals surface area contributed by atoms with Crippen LogP contribution in [0.1, 0.15) is 16.7 Å². The first-order chi connectivity index (χ1) is 15.9. The standard InChI is InChI=1S/C25H28ClN5OS/c1-17-4-5-19(3)22(14-17)30-10-12-31(13-11-30)23-8-9-25(29-28-23)33-16-24(32)27-20-7-6-18(2)21(26)15-20/h4-9,14-15H,10-13,16H2,1-3H3,(H,27,32). The van der Waals surface area contributed by atoms with E-state index in [0.29, 0.717) is 10.7 Å². The van der Waals surface area contributed by atoms with Crippen LogP contribution in [-0.4, -0.2) is 48.0 Å². The average molecular weight is 482 g/mol. The van der Waals surface area contributed by atoms with Gasteiger partial charge in [-0.15, -0.1) is 10.2 Å². The Bertz CT molecular complexity index is 1130. The number of aromatic nitrogens is 2. The van der Waals surface area contributed by atoms with Crippen molar-refractivity contribution in [2.75, 3.05) is 47.0 Å². The van der Waals surface area contributed by atoms with Crippen molar-refractivity contribution in [3.8, 4) is 0 Å². The van der Waals surface area contributed by atoms with E-state index in [0.717, 1.165) is 42.6 Å². The summed E-state index contributed by atoms with van der Waals surface area (Å²) in [6.07, 6.45) is 0. The molecule has 3 aromatic rings. The van der Waals surface area contributed by atoms with Crippen molar-refractivity contribution in [3.05, 3.63) is 70.2 Å². The van der Waals surface area contributed by atoms with Crippen LogP contribution in [0.2, 0.25) is 5.02 Å². The Balaban J connectivity index is 1.27. The second kappa shape index (κ2) is 10.4. The number of hydrogen-bond donors (Lipinski definition) is 1. The number of hydrogen-bond acceptors (Lipinski definition) is 6. The van der Waals surface area contributed by atoms with Gasteiger partial charge in [0, 0.05) is 42.6 Å². The molecule has 4 rings (SSSR count). The number of aryl methyl sites for hydroxylation is 3. The predicted molar refractivity (Wildman–Crippen MR) is 138 cm³/mol. The summed E-state index contributed by atoms with van der Waals surface area (Å²) in [5.41, 5.74) is 5.58. The van der Waals surface area contributed by atoms with Crippen molar-refractivity contribution in [2.24, 2.45) is 0 Å². The number of piperazine rings is 1. The Labute approximate surface area is 204 Å². The Morgan fingerprint density at radius 3 is 2.36 bits per heavy atom. The molecule has 0 bridgehead atoms. The van der Waals surface area contributed by atoms with Crippen LogP contribution < -0.4 is 15.1 Å². The van der Waals surface area contributed by atoms with Crippen molar-refractivity contribution >= 4 is 46.5 Å². The molecule has 1 N–H and O–H groups in total. The van der Waals surface area contributed by atoms with Gasteiger partial charge in [-0.05, 0) is 67.8 Å². The number of carbonyl (C=O) groups excluding carboxylic acids is 1. The molecule has 8 heteroatoms. The van der Waals surface area contributed by atoms with Crippen LogP contribution >= 0.6 is 23.4 Å². The predicted octanol–water partition coefficient (Wildman–Crippen LogP) is 5.11. The van der Waals surface area contributed by atoms with Gasteiger partial charge in [-0.3, -0.25) is 4.79 Å². The van der Waals surface area contributed by atoms with Crippen LogP contribution in [0.3, 0.4) is 0 Å². The zero-order valence-electron chi connectivity index (χ0n) is 19.1. The van der Waals surface area contributed by atoms with Crippen LogP contribution in [0.4, 0.5) is 17.2 Å². The maximum Gasteiger partial charge on any atom is 0.234 e. The number of rotatable bonds is 6. The summed E-state index contributed by atoms with van der Waals surface area (Å²) in [6, 6.07) is 16.0. The van der Waals surface area contributed by atoms with Crippen LogP contribution in [0.5, 0.6) is 0 Å². The molecule has 1 aromatic heterocycles. The molecule has 172 valence electrons. The van der Waals surface area contributed by atoms with E-state index in [-0.39, 0.29) is 11.7 Å². The second-order valence-electron chi connectivity index (χ2n) is 8.29. The number of halogens is 1. The molecule has 6 nitrogen and oxygen atoms in total. The van der Waals surface area contributed by atoms with E-state index in [2.05, 4.69) is 57.4 Å². The fourth-order valence-electron chi connectivity index (χ4n) is 3.80. The van der Waals surface area contributed by atoms with Crippen molar-refractivity contribution in [1.29, 1.82) is 0 Å². The Hall–Kier alpha value is -2.77. The number of anilines is 3. The largest absolute Gasteiger partial charge is 0.368 e. The third kappa shape index (κ3) is 5.97. The topological polar surface area (TPSA) is 61.4 Å². The third-order valence-electron chi connectivity index (χ3n) is 5.74. The minimum atomic E-state index is -0.103. The lowest BCUT2D eigenvalue weighted by atomic mass is 10.1. The normalized spacial score (nSPS) is 13.8. The molecule has 0 radical (unpaired) electrons. The molecule has 1 aliphatic rings. The van der Waals surface area contributed by atoms with Gasteiger partial charge in [0.25, 0.3) is 0 Å². The van der Waals surface area contributed by atoms with E-state index < -0.39 is 0 Å². The highest BCUT2D eigenvalue weighted by molar-refractivity contribution is 7.99. The Morgan fingerprint density at radius 1 is 0.939 bits per heavy atom. The highest BCUT2D eigenvalue weighted by atomic mass is 35.5. The fourth-order valence-corrected chi connectivity index (χ4v) is 4.60. The maximum atomic E-state index is 12.3. The Morgan fingerprint density at radius 2 is 1.67 bits per heavy atom. The molecule has 0 atom stereocenters. The monoisotopic (exact) mass is 481 g/mol. The van der Waals surface area contributed by atoms with Gasteiger partial charge in [0.15, 0.2) is 5.82 Å². The lowest BCUT2D eigenvalue weighted by molar-refractivity contribution is -0.113. The van der Waals surface area contributed by atoms with Gasteiger partial charge in [-0.25, -0.2) is 0 Å². The highest BCUT2D eigenvalue weighted by Crippen LogP contribution is 2.25. The van der Waals surface area contributed by atoms with Gasteiger partial charge < -0.3 is 15.1 Å². The first-order valence-corrected chi connectivity index (χ1v) is 12.3. The number of amides is 1. The second-order valence-corrected chi connectivity index (χ2v) is 9.70. The number of carbonyl (C=O) groups is 1. The third-order valence-corrected chi connectivity index (χ3v) is 7.07. The minimum absolute atomic E-state index is 0.103. The smallest absolute Gasteiger partial charge is 0.234 e. The molecule has 1 saturated heterocycles. The zero-order chi connectivity index (χ0) is 23.4. The van der Waals surface area contributed by atoms with E-state index >= 15 is 0 Å².